The number of alkyl halides is 3. The molecular formula is C10H8F3NO5S. The molecular weight excluding hydrogens is 303 g/mol. The van der Waals surface area contributed by atoms with E-state index in [-0.39, 0.29) is 16.9 Å². The van der Waals surface area contributed by atoms with Crippen LogP contribution in [0.15, 0.2) is 12.2 Å². The Morgan fingerprint density at radius 1 is 1.10 bits per heavy atom. The van der Waals surface area contributed by atoms with Crippen LogP contribution in [0.4, 0.5) is 13.2 Å². The molecule has 20 heavy (non-hydrogen) atoms. The Morgan fingerprint density at radius 3 is 1.95 bits per heavy atom. The third-order valence-electron chi connectivity index (χ3n) is 3.89. The van der Waals surface area contributed by atoms with Crippen molar-refractivity contribution in [2.75, 3.05) is 0 Å². The molecule has 0 aromatic rings. The summed E-state index contributed by atoms with van der Waals surface area (Å²) >= 11 is 0. The second-order valence-electron chi connectivity index (χ2n) is 4.95. The highest BCUT2D eigenvalue weighted by Gasteiger charge is 2.62. The second-order valence-corrected chi connectivity index (χ2v) is 6.47. The van der Waals surface area contributed by atoms with Crippen molar-refractivity contribution in [1.82, 2.24) is 5.06 Å². The van der Waals surface area contributed by atoms with E-state index < -0.39 is 39.3 Å². The molecule has 0 aromatic heterocycles. The first-order valence-corrected chi connectivity index (χ1v) is 7.11. The van der Waals surface area contributed by atoms with E-state index in [2.05, 4.69) is 4.28 Å². The molecule has 6 nitrogen and oxygen atoms in total. The minimum absolute atomic E-state index is 0.246. The van der Waals surface area contributed by atoms with Gasteiger partial charge in [-0.05, 0) is 18.3 Å². The van der Waals surface area contributed by atoms with Gasteiger partial charge < -0.3 is 0 Å². The number of imide groups is 1. The first kappa shape index (κ1) is 13.6. The summed E-state index contributed by atoms with van der Waals surface area (Å²) in [5, 5.41) is -0.246. The van der Waals surface area contributed by atoms with Gasteiger partial charge in [0.15, 0.2) is 0 Å². The Hall–Kier alpha value is -1.42. The van der Waals surface area contributed by atoms with Crippen molar-refractivity contribution < 1.29 is 35.5 Å². The largest absolute Gasteiger partial charge is 0.525 e. The van der Waals surface area contributed by atoms with Gasteiger partial charge in [0, 0.05) is 0 Å². The van der Waals surface area contributed by atoms with E-state index in [1.807, 2.05) is 0 Å². The third-order valence-corrected chi connectivity index (χ3v) is 4.80. The van der Waals surface area contributed by atoms with Gasteiger partial charge in [-0.25, -0.2) is 0 Å². The fraction of sp³-hybridized carbons (Fsp3) is 0.600. The second kappa shape index (κ2) is 3.82. The SMILES string of the molecule is O=C1C2C3C=CC(C3)C2C(=O)N1OS(=O)(=O)C(F)(F)F. The Morgan fingerprint density at radius 2 is 1.55 bits per heavy atom. The van der Waals surface area contributed by atoms with Gasteiger partial charge in [0.05, 0.1) is 11.8 Å². The Kier molecular flexibility index (Phi) is 2.59. The standard InChI is InChI=1S/C10H8F3NO5S/c11-10(12,13)20(17,18)19-14-8(15)6-4-1-2-5(3-4)7(6)9(14)16/h1-2,4-7H,3H2. The molecule has 0 spiro atoms. The Balaban J connectivity index is 1.88. The average molecular weight is 311 g/mol. The zero-order valence-electron chi connectivity index (χ0n) is 9.70. The van der Waals surface area contributed by atoms with Crippen LogP contribution in [0.3, 0.4) is 0 Å². The van der Waals surface area contributed by atoms with Crippen molar-refractivity contribution in [3.05, 3.63) is 12.2 Å². The number of allylic oxidation sites excluding steroid dienone is 2. The van der Waals surface area contributed by atoms with Crippen molar-refractivity contribution in [3.63, 3.8) is 0 Å². The zero-order valence-corrected chi connectivity index (χ0v) is 10.5. The summed E-state index contributed by atoms with van der Waals surface area (Å²) in [6.07, 6.45) is 4.02. The summed E-state index contributed by atoms with van der Waals surface area (Å²) in [5.41, 5.74) is -5.69. The molecule has 2 bridgehead atoms. The lowest BCUT2D eigenvalue weighted by atomic mass is 9.85. The van der Waals surface area contributed by atoms with E-state index in [1.54, 1.807) is 12.2 Å². The van der Waals surface area contributed by atoms with Gasteiger partial charge in [-0.15, -0.1) is 9.35 Å². The molecule has 1 saturated carbocycles. The number of fused-ring (bicyclic) bond motifs is 5. The molecule has 3 aliphatic rings. The number of carbonyl (C=O) groups is 2. The maximum Gasteiger partial charge on any atom is 0.525 e. The third kappa shape index (κ3) is 1.64. The molecule has 110 valence electrons. The van der Waals surface area contributed by atoms with E-state index in [4.69, 9.17) is 0 Å². The maximum atomic E-state index is 12.2. The van der Waals surface area contributed by atoms with Gasteiger partial charge in [-0.1, -0.05) is 12.2 Å². The number of nitrogens with zero attached hydrogens (tertiary/aromatic N) is 1. The summed E-state index contributed by atoms with van der Waals surface area (Å²) in [7, 11) is -6.03. The summed E-state index contributed by atoms with van der Waals surface area (Å²) < 4.78 is 62.1. The Labute approximate surface area is 111 Å². The van der Waals surface area contributed by atoms with Gasteiger partial charge in [0.25, 0.3) is 11.8 Å². The smallest absolute Gasteiger partial charge is 0.272 e. The molecule has 4 atom stereocenters. The maximum absolute atomic E-state index is 12.2. The van der Waals surface area contributed by atoms with Gasteiger partial charge in [-0.3, -0.25) is 9.59 Å². The molecule has 2 aliphatic carbocycles. The molecule has 2 amide bonds. The number of hydrogen-bond acceptors (Lipinski definition) is 5. The minimum atomic E-state index is -6.03. The summed E-state index contributed by atoms with van der Waals surface area (Å²) in [4.78, 5) is 23.8. The number of hydroxylamine groups is 2. The molecule has 1 heterocycles. The van der Waals surface area contributed by atoms with Gasteiger partial charge >= 0.3 is 15.6 Å². The van der Waals surface area contributed by atoms with Crippen molar-refractivity contribution in [3.8, 4) is 0 Å². The number of amides is 2. The highest BCUT2D eigenvalue weighted by molar-refractivity contribution is 7.87. The van der Waals surface area contributed by atoms with Gasteiger partial charge in [0.1, 0.15) is 0 Å². The molecule has 1 aliphatic heterocycles. The van der Waals surface area contributed by atoms with Crippen LogP contribution in [0.2, 0.25) is 0 Å². The van der Waals surface area contributed by atoms with Crippen LogP contribution in [0.1, 0.15) is 6.42 Å². The lowest BCUT2D eigenvalue weighted by Crippen LogP contribution is -2.39. The molecule has 0 aromatic carbocycles. The molecule has 4 unspecified atom stereocenters. The van der Waals surface area contributed by atoms with E-state index in [9.17, 15) is 31.2 Å². The monoisotopic (exact) mass is 311 g/mol. The van der Waals surface area contributed by atoms with Crippen LogP contribution < -0.4 is 0 Å². The lowest BCUT2D eigenvalue weighted by molar-refractivity contribution is -0.169. The zero-order chi connectivity index (χ0) is 14.9. The number of hydrogen-bond donors (Lipinski definition) is 0. The normalized spacial score (nSPS) is 36.0. The van der Waals surface area contributed by atoms with E-state index in [0.29, 0.717) is 6.42 Å². The van der Waals surface area contributed by atoms with Crippen molar-refractivity contribution in [2.24, 2.45) is 23.7 Å². The van der Waals surface area contributed by atoms with Crippen LogP contribution in [-0.2, 0) is 24.0 Å². The van der Waals surface area contributed by atoms with Crippen LogP contribution >= 0.6 is 0 Å². The predicted octanol–water partition coefficient (Wildman–Crippen LogP) is 0.575. The first-order valence-electron chi connectivity index (χ1n) is 5.70. The van der Waals surface area contributed by atoms with E-state index in [0.717, 1.165) is 0 Å². The summed E-state index contributed by atoms with van der Waals surface area (Å²) in [6.45, 7) is 0. The van der Waals surface area contributed by atoms with Gasteiger partial charge in [-0.2, -0.15) is 21.6 Å². The number of rotatable bonds is 2. The van der Waals surface area contributed by atoms with Gasteiger partial charge in [0.2, 0.25) is 0 Å². The molecule has 0 N–H and O–H groups in total. The predicted molar refractivity (Wildman–Crippen MR) is 55.6 cm³/mol. The number of halogens is 3. The molecule has 1 saturated heterocycles. The van der Waals surface area contributed by atoms with Crippen molar-refractivity contribution in [1.29, 1.82) is 0 Å². The highest BCUT2D eigenvalue weighted by Crippen LogP contribution is 2.52. The minimum Gasteiger partial charge on any atom is -0.272 e. The van der Waals surface area contributed by atoms with Crippen LogP contribution in [0.25, 0.3) is 0 Å². The van der Waals surface area contributed by atoms with Crippen molar-refractivity contribution >= 4 is 21.9 Å². The van der Waals surface area contributed by atoms with Crippen molar-refractivity contribution in [2.45, 2.75) is 11.9 Å². The average Bonchev–Trinajstić information content (AvgIpc) is 2.97. The fourth-order valence-electron chi connectivity index (χ4n) is 3.09. The quantitative estimate of drug-likeness (QED) is 0.423. The summed E-state index contributed by atoms with van der Waals surface area (Å²) in [5.74, 6) is -4.18. The molecule has 10 heteroatoms. The molecule has 2 fully saturated rings. The van der Waals surface area contributed by atoms with Crippen LogP contribution in [0, 0.1) is 23.7 Å². The topological polar surface area (TPSA) is 80.8 Å². The number of carbonyl (C=O) groups excluding carboxylic acids is 2. The first-order chi connectivity index (χ1) is 9.13. The van der Waals surface area contributed by atoms with E-state index >= 15 is 0 Å². The highest BCUT2D eigenvalue weighted by atomic mass is 32.2. The van der Waals surface area contributed by atoms with Crippen LogP contribution in [-0.4, -0.2) is 30.8 Å². The summed E-state index contributed by atoms with van der Waals surface area (Å²) in [6, 6.07) is 0. The lowest BCUT2D eigenvalue weighted by Gasteiger charge is -2.16. The van der Waals surface area contributed by atoms with E-state index in [1.165, 1.54) is 0 Å². The van der Waals surface area contributed by atoms with Crippen LogP contribution in [0.5, 0.6) is 0 Å². The Bertz CT molecular complexity index is 595. The molecule has 3 rings (SSSR count). The molecule has 0 radical (unpaired) electrons. The fourth-order valence-corrected chi connectivity index (χ4v) is 3.52.